The topological polar surface area (TPSA) is 21.8 Å². The molecule has 0 aliphatic carbocycles. The van der Waals surface area contributed by atoms with Crippen LogP contribution in [0.1, 0.15) is 25.0 Å². The number of halogens is 4. The van der Waals surface area contributed by atoms with Crippen molar-refractivity contribution in [1.82, 2.24) is 0 Å². The maximum atomic E-state index is 5.87. The highest BCUT2D eigenvalue weighted by molar-refractivity contribution is 9.11. The molecule has 2 nitrogen and oxygen atoms in total. The molecule has 1 saturated heterocycles. The van der Waals surface area contributed by atoms with E-state index >= 15 is 0 Å². The quantitative estimate of drug-likeness (QED) is 0.360. The second kappa shape index (κ2) is 7.39. The zero-order valence-corrected chi connectivity index (χ0v) is 19.6. The summed E-state index contributed by atoms with van der Waals surface area (Å²) < 4.78 is 15.1. The standard InChI is InChI=1S/C18H16Br4O2/c1-18(2,10-3-12(19)7-13(20)4-10)11-5-15(21)17(16(22)6-11)24-9-14-8-23-14/h3-7,14H,8-9H2,1-2H3. The molecule has 1 atom stereocenters. The Morgan fingerprint density at radius 2 is 1.46 bits per heavy atom. The molecular weight excluding hydrogens is 568 g/mol. The van der Waals surface area contributed by atoms with Gasteiger partial charge in [-0.05, 0) is 73.3 Å². The third-order valence-corrected chi connectivity index (χ3v) is 6.21. The maximum absolute atomic E-state index is 5.87. The summed E-state index contributed by atoms with van der Waals surface area (Å²) in [5, 5.41) is 0. The van der Waals surface area contributed by atoms with E-state index in [9.17, 15) is 0 Å². The molecule has 1 unspecified atom stereocenters. The van der Waals surface area contributed by atoms with Gasteiger partial charge in [0.15, 0.2) is 0 Å². The Morgan fingerprint density at radius 1 is 0.958 bits per heavy atom. The molecule has 0 bridgehead atoms. The van der Waals surface area contributed by atoms with E-state index in [1.54, 1.807) is 0 Å². The van der Waals surface area contributed by atoms with Crippen LogP contribution in [-0.2, 0) is 10.2 Å². The molecule has 0 radical (unpaired) electrons. The van der Waals surface area contributed by atoms with Crippen LogP contribution in [0.2, 0.25) is 0 Å². The summed E-state index contributed by atoms with van der Waals surface area (Å²) in [6.45, 7) is 5.80. The van der Waals surface area contributed by atoms with Crippen molar-refractivity contribution >= 4 is 63.7 Å². The highest BCUT2D eigenvalue weighted by atomic mass is 79.9. The lowest BCUT2D eigenvalue weighted by atomic mass is 9.78. The van der Waals surface area contributed by atoms with Crippen molar-refractivity contribution in [3.8, 4) is 5.75 Å². The number of ether oxygens (including phenoxy) is 2. The van der Waals surface area contributed by atoms with Gasteiger partial charge in [0.25, 0.3) is 0 Å². The first kappa shape index (κ1) is 18.9. The first-order valence-corrected chi connectivity index (χ1v) is 10.6. The van der Waals surface area contributed by atoms with Crippen LogP contribution in [0.25, 0.3) is 0 Å². The Bertz CT molecular complexity index is 726. The van der Waals surface area contributed by atoms with E-state index in [2.05, 4.69) is 102 Å². The Labute approximate surface area is 175 Å². The smallest absolute Gasteiger partial charge is 0.147 e. The zero-order chi connectivity index (χ0) is 17.5. The van der Waals surface area contributed by atoms with E-state index in [0.29, 0.717) is 6.61 Å². The van der Waals surface area contributed by atoms with E-state index in [-0.39, 0.29) is 11.5 Å². The molecule has 1 fully saturated rings. The van der Waals surface area contributed by atoms with Crippen molar-refractivity contribution < 1.29 is 9.47 Å². The molecule has 0 spiro atoms. The van der Waals surface area contributed by atoms with Crippen LogP contribution >= 0.6 is 63.7 Å². The predicted molar refractivity (Wildman–Crippen MR) is 111 cm³/mol. The van der Waals surface area contributed by atoms with Crippen molar-refractivity contribution in [2.45, 2.75) is 25.4 Å². The minimum Gasteiger partial charge on any atom is -0.488 e. The van der Waals surface area contributed by atoms with E-state index < -0.39 is 0 Å². The molecule has 128 valence electrons. The van der Waals surface area contributed by atoms with Gasteiger partial charge in [0.1, 0.15) is 18.5 Å². The summed E-state index contributed by atoms with van der Waals surface area (Å²) in [5.41, 5.74) is 2.26. The second-order valence-electron chi connectivity index (χ2n) is 6.32. The molecular formula is C18H16Br4O2. The molecule has 0 aromatic heterocycles. The molecule has 0 saturated carbocycles. The number of epoxide rings is 1. The van der Waals surface area contributed by atoms with Gasteiger partial charge in [-0.2, -0.15) is 0 Å². The lowest BCUT2D eigenvalue weighted by molar-refractivity contribution is 0.260. The van der Waals surface area contributed by atoms with Crippen molar-refractivity contribution in [3.05, 3.63) is 59.3 Å². The highest BCUT2D eigenvalue weighted by Gasteiger charge is 2.27. The van der Waals surface area contributed by atoms with Crippen molar-refractivity contribution in [2.24, 2.45) is 0 Å². The van der Waals surface area contributed by atoms with E-state index in [1.807, 2.05) is 6.07 Å². The van der Waals surface area contributed by atoms with Crippen LogP contribution < -0.4 is 4.74 Å². The van der Waals surface area contributed by atoms with Crippen molar-refractivity contribution in [2.75, 3.05) is 13.2 Å². The first-order valence-electron chi connectivity index (χ1n) is 7.48. The van der Waals surface area contributed by atoms with Gasteiger partial charge in [-0.15, -0.1) is 0 Å². The largest absolute Gasteiger partial charge is 0.488 e. The van der Waals surface area contributed by atoms with Gasteiger partial charge in [0.05, 0.1) is 15.6 Å². The van der Waals surface area contributed by atoms with Crippen molar-refractivity contribution in [3.63, 3.8) is 0 Å². The molecule has 3 rings (SSSR count). The van der Waals surface area contributed by atoms with Gasteiger partial charge in [0, 0.05) is 14.4 Å². The minimum absolute atomic E-state index is 0.157. The molecule has 2 aromatic carbocycles. The lowest BCUT2D eigenvalue weighted by Crippen LogP contribution is -2.19. The van der Waals surface area contributed by atoms with E-state index in [0.717, 1.165) is 30.2 Å². The van der Waals surface area contributed by atoms with Crippen LogP contribution in [0.5, 0.6) is 5.75 Å². The normalized spacial score (nSPS) is 17.0. The molecule has 1 aliphatic heterocycles. The van der Waals surface area contributed by atoms with Crippen LogP contribution in [0, 0.1) is 0 Å². The molecule has 24 heavy (non-hydrogen) atoms. The Kier molecular flexibility index (Phi) is 5.82. The molecule has 6 heteroatoms. The molecule has 1 aliphatic rings. The van der Waals surface area contributed by atoms with Gasteiger partial charge in [-0.1, -0.05) is 45.7 Å². The first-order chi connectivity index (χ1) is 11.3. The van der Waals surface area contributed by atoms with Crippen LogP contribution in [0.3, 0.4) is 0 Å². The monoisotopic (exact) mass is 580 g/mol. The van der Waals surface area contributed by atoms with Crippen LogP contribution in [0.4, 0.5) is 0 Å². The summed E-state index contributed by atoms with van der Waals surface area (Å²) in [5.74, 6) is 0.820. The fourth-order valence-electron chi connectivity index (χ4n) is 2.48. The summed E-state index contributed by atoms with van der Waals surface area (Å²) in [7, 11) is 0. The van der Waals surface area contributed by atoms with Gasteiger partial charge in [-0.25, -0.2) is 0 Å². The second-order valence-corrected chi connectivity index (χ2v) is 9.86. The fraction of sp³-hybridized carbons (Fsp3) is 0.333. The fourth-order valence-corrected chi connectivity index (χ4v) is 5.19. The SMILES string of the molecule is CC(C)(c1cc(Br)cc(Br)c1)c1cc(Br)c(OCC2CO2)c(Br)c1. The third-order valence-electron chi connectivity index (χ3n) is 4.12. The molecule has 0 amide bonds. The van der Waals surface area contributed by atoms with E-state index in [4.69, 9.17) is 9.47 Å². The third kappa shape index (κ3) is 4.26. The zero-order valence-electron chi connectivity index (χ0n) is 13.2. The summed E-state index contributed by atoms with van der Waals surface area (Å²) in [4.78, 5) is 0. The lowest BCUT2D eigenvalue weighted by Gasteiger charge is -2.28. The van der Waals surface area contributed by atoms with Gasteiger partial charge < -0.3 is 9.47 Å². The van der Waals surface area contributed by atoms with Gasteiger partial charge in [-0.3, -0.25) is 0 Å². The average molecular weight is 584 g/mol. The van der Waals surface area contributed by atoms with Gasteiger partial charge in [0.2, 0.25) is 0 Å². The summed E-state index contributed by atoms with van der Waals surface area (Å²) in [6.07, 6.45) is 0.235. The van der Waals surface area contributed by atoms with Crippen LogP contribution in [0.15, 0.2) is 48.2 Å². The minimum atomic E-state index is -0.157. The molecule has 0 N–H and O–H groups in total. The van der Waals surface area contributed by atoms with Gasteiger partial charge >= 0.3 is 0 Å². The summed E-state index contributed by atoms with van der Waals surface area (Å²) in [6, 6.07) is 10.6. The van der Waals surface area contributed by atoms with Crippen LogP contribution in [-0.4, -0.2) is 19.3 Å². The van der Waals surface area contributed by atoms with Crippen molar-refractivity contribution in [1.29, 1.82) is 0 Å². The number of hydrogen-bond acceptors (Lipinski definition) is 2. The molecule has 1 heterocycles. The Balaban J connectivity index is 1.95. The number of hydrogen-bond donors (Lipinski definition) is 0. The number of rotatable bonds is 5. The Morgan fingerprint density at radius 3 is 1.96 bits per heavy atom. The maximum Gasteiger partial charge on any atom is 0.147 e. The predicted octanol–water partition coefficient (Wildman–Crippen LogP) is 6.84. The van der Waals surface area contributed by atoms with E-state index in [1.165, 1.54) is 11.1 Å². The Hall–Kier alpha value is 0.120. The highest BCUT2D eigenvalue weighted by Crippen LogP contribution is 2.41. The molecule has 2 aromatic rings. The average Bonchev–Trinajstić information content (AvgIpc) is 3.29. The number of benzene rings is 2. The summed E-state index contributed by atoms with van der Waals surface area (Å²) >= 11 is 14.5.